The molecule has 0 aromatic carbocycles. The Bertz CT molecular complexity index is 401. The highest BCUT2D eigenvalue weighted by molar-refractivity contribution is 7.10. The first-order chi connectivity index (χ1) is 7.34. The molecule has 2 aromatic heterocycles. The van der Waals surface area contributed by atoms with Crippen molar-refractivity contribution in [2.75, 3.05) is 0 Å². The fourth-order valence-corrected chi connectivity index (χ4v) is 2.86. The Balaban J connectivity index is 1.78. The molecule has 15 heavy (non-hydrogen) atoms. The summed E-state index contributed by atoms with van der Waals surface area (Å²) >= 11 is 3.38. The highest BCUT2D eigenvalue weighted by Crippen LogP contribution is 2.14. The standard InChI is InChI=1S/C12H12OS2/c13-10(9-12-4-2-8-15-12)5-6-11-3-1-7-14-11/h1-4,7-8H,5-6,9H2. The molecule has 0 saturated carbocycles. The summed E-state index contributed by atoms with van der Waals surface area (Å²) in [5.74, 6) is 0.339. The van der Waals surface area contributed by atoms with E-state index in [9.17, 15) is 4.79 Å². The van der Waals surface area contributed by atoms with Crippen LogP contribution in [0.4, 0.5) is 0 Å². The Morgan fingerprint density at radius 2 is 1.73 bits per heavy atom. The topological polar surface area (TPSA) is 17.1 Å². The average Bonchev–Trinajstić information content (AvgIpc) is 2.86. The van der Waals surface area contributed by atoms with Crippen LogP contribution in [0.25, 0.3) is 0 Å². The Hall–Kier alpha value is -0.930. The molecule has 3 heteroatoms. The molecule has 2 aromatic rings. The molecule has 0 bridgehead atoms. The first-order valence-electron chi connectivity index (χ1n) is 4.91. The lowest BCUT2D eigenvalue weighted by molar-refractivity contribution is -0.118. The van der Waals surface area contributed by atoms with Crippen LogP contribution in [0.5, 0.6) is 0 Å². The quantitative estimate of drug-likeness (QED) is 0.776. The van der Waals surface area contributed by atoms with Crippen LogP contribution in [0.3, 0.4) is 0 Å². The smallest absolute Gasteiger partial charge is 0.138 e. The van der Waals surface area contributed by atoms with Gasteiger partial charge in [-0.25, -0.2) is 0 Å². The van der Waals surface area contributed by atoms with Gasteiger partial charge >= 0.3 is 0 Å². The van der Waals surface area contributed by atoms with Gasteiger partial charge in [-0.05, 0) is 29.3 Å². The second kappa shape index (κ2) is 5.24. The van der Waals surface area contributed by atoms with Gasteiger partial charge in [-0.2, -0.15) is 0 Å². The van der Waals surface area contributed by atoms with Crippen molar-refractivity contribution in [3.8, 4) is 0 Å². The summed E-state index contributed by atoms with van der Waals surface area (Å²) in [4.78, 5) is 14.1. The highest BCUT2D eigenvalue weighted by atomic mass is 32.1. The number of aryl methyl sites for hydroxylation is 1. The van der Waals surface area contributed by atoms with E-state index in [1.807, 2.05) is 23.6 Å². The molecule has 0 aliphatic rings. The molecule has 0 aliphatic carbocycles. The van der Waals surface area contributed by atoms with Crippen molar-refractivity contribution >= 4 is 28.5 Å². The van der Waals surface area contributed by atoms with Crippen molar-refractivity contribution in [2.24, 2.45) is 0 Å². The van der Waals surface area contributed by atoms with Crippen LogP contribution in [0.15, 0.2) is 35.0 Å². The van der Waals surface area contributed by atoms with Crippen LogP contribution >= 0.6 is 22.7 Å². The molecule has 0 atom stereocenters. The molecule has 0 amide bonds. The van der Waals surface area contributed by atoms with Crippen molar-refractivity contribution in [2.45, 2.75) is 19.3 Å². The molecule has 0 saturated heterocycles. The molecule has 0 aliphatic heterocycles. The molecule has 0 fully saturated rings. The monoisotopic (exact) mass is 236 g/mol. The van der Waals surface area contributed by atoms with E-state index in [2.05, 4.69) is 11.4 Å². The molecule has 1 nitrogen and oxygen atoms in total. The van der Waals surface area contributed by atoms with E-state index in [1.165, 1.54) is 9.75 Å². The lowest BCUT2D eigenvalue weighted by Gasteiger charge is -1.97. The Kier molecular flexibility index (Phi) is 3.69. The first kappa shape index (κ1) is 10.6. The minimum Gasteiger partial charge on any atom is -0.299 e. The maximum Gasteiger partial charge on any atom is 0.138 e. The van der Waals surface area contributed by atoms with Gasteiger partial charge in [0.25, 0.3) is 0 Å². The summed E-state index contributed by atoms with van der Waals surface area (Å²) in [5.41, 5.74) is 0. The number of carbonyl (C=O) groups excluding carboxylic acids is 1. The molecule has 2 rings (SSSR count). The summed E-state index contributed by atoms with van der Waals surface area (Å²) in [5, 5.41) is 4.07. The summed E-state index contributed by atoms with van der Waals surface area (Å²) in [6, 6.07) is 8.13. The zero-order valence-corrected chi connectivity index (χ0v) is 9.94. The largest absolute Gasteiger partial charge is 0.299 e. The van der Waals surface area contributed by atoms with Gasteiger partial charge in [-0.15, -0.1) is 22.7 Å². The Morgan fingerprint density at radius 3 is 2.33 bits per heavy atom. The summed E-state index contributed by atoms with van der Waals surface area (Å²) in [6.07, 6.45) is 2.16. The molecule has 78 valence electrons. The maximum absolute atomic E-state index is 11.6. The van der Waals surface area contributed by atoms with E-state index in [1.54, 1.807) is 22.7 Å². The van der Waals surface area contributed by atoms with Gasteiger partial charge in [0, 0.05) is 22.6 Å². The van der Waals surface area contributed by atoms with Crippen LogP contribution in [-0.4, -0.2) is 5.78 Å². The number of hydrogen-bond acceptors (Lipinski definition) is 3. The van der Waals surface area contributed by atoms with Crippen molar-refractivity contribution in [1.29, 1.82) is 0 Å². The van der Waals surface area contributed by atoms with E-state index in [0.717, 1.165) is 6.42 Å². The molecular weight excluding hydrogens is 224 g/mol. The SMILES string of the molecule is O=C(CCc1cccs1)Cc1cccs1. The van der Waals surface area contributed by atoms with Gasteiger partial charge < -0.3 is 0 Å². The van der Waals surface area contributed by atoms with Crippen LogP contribution < -0.4 is 0 Å². The zero-order chi connectivity index (χ0) is 10.5. The van der Waals surface area contributed by atoms with E-state index in [4.69, 9.17) is 0 Å². The van der Waals surface area contributed by atoms with Crippen molar-refractivity contribution in [1.82, 2.24) is 0 Å². The second-order valence-corrected chi connectivity index (χ2v) is 5.44. The van der Waals surface area contributed by atoms with Crippen LogP contribution in [-0.2, 0) is 17.6 Å². The number of rotatable bonds is 5. The number of Topliss-reactive ketones (excluding diaryl/α,β-unsaturated/α-hetero) is 1. The van der Waals surface area contributed by atoms with Crippen LogP contribution in [0, 0.1) is 0 Å². The fraction of sp³-hybridized carbons (Fsp3) is 0.250. The lowest BCUT2D eigenvalue weighted by Crippen LogP contribution is -2.02. The Labute approximate surface area is 97.4 Å². The molecule has 2 heterocycles. The van der Waals surface area contributed by atoms with E-state index in [0.29, 0.717) is 18.6 Å². The van der Waals surface area contributed by atoms with E-state index in [-0.39, 0.29) is 0 Å². The molecular formula is C12H12OS2. The molecule has 0 radical (unpaired) electrons. The number of thiophene rings is 2. The van der Waals surface area contributed by atoms with Gasteiger partial charge in [-0.1, -0.05) is 12.1 Å². The molecule has 0 unspecified atom stereocenters. The van der Waals surface area contributed by atoms with Gasteiger partial charge in [0.2, 0.25) is 0 Å². The fourth-order valence-electron chi connectivity index (χ4n) is 1.41. The number of carbonyl (C=O) groups is 1. The molecule has 0 spiro atoms. The van der Waals surface area contributed by atoms with Crippen molar-refractivity contribution < 1.29 is 4.79 Å². The third-order valence-corrected chi connectivity index (χ3v) is 3.99. The minimum atomic E-state index is 0.339. The lowest BCUT2D eigenvalue weighted by atomic mass is 10.1. The van der Waals surface area contributed by atoms with Gasteiger partial charge in [0.1, 0.15) is 5.78 Å². The highest BCUT2D eigenvalue weighted by Gasteiger charge is 2.05. The summed E-state index contributed by atoms with van der Waals surface area (Å²) < 4.78 is 0. The van der Waals surface area contributed by atoms with E-state index >= 15 is 0 Å². The van der Waals surface area contributed by atoms with Gasteiger partial charge in [-0.3, -0.25) is 4.79 Å². The maximum atomic E-state index is 11.6. The molecule has 0 N–H and O–H groups in total. The first-order valence-corrected chi connectivity index (χ1v) is 6.67. The van der Waals surface area contributed by atoms with Crippen LogP contribution in [0.2, 0.25) is 0 Å². The summed E-state index contributed by atoms with van der Waals surface area (Å²) in [7, 11) is 0. The summed E-state index contributed by atoms with van der Waals surface area (Å²) in [6.45, 7) is 0. The number of ketones is 1. The normalized spacial score (nSPS) is 10.4. The zero-order valence-electron chi connectivity index (χ0n) is 8.31. The van der Waals surface area contributed by atoms with Crippen LogP contribution in [0.1, 0.15) is 16.2 Å². The number of hydrogen-bond donors (Lipinski definition) is 0. The predicted molar refractivity (Wildman–Crippen MR) is 65.7 cm³/mol. The average molecular weight is 236 g/mol. The van der Waals surface area contributed by atoms with Gasteiger partial charge in [0.05, 0.1) is 0 Å². The van der Waals surface area contributed by atoms with E-state index < -0.39 is 0 Å². The predicted octanol–water partition coefficient (Wildman–Crippen LogP) is 3.55. The Morgan fingerprint density at radius 1 is 1.07 bits per heavy atom. The second-order valence-electron chi connectivity index (χ2n) is 3.37. The third kappa shape index (κ3) is 3.29. The van der Waals surface area contributed by atoms with Gasteiger partial charge in [0.15, 0.2) is 0 Å². The minimum absolute atomic E-state index is 0.339. The van der Waals surface area contributed by atoms with Crippen molar-refractivity contribution in [3.63, 3.8) is 0 Å². The van der Waals surface area contributed by atoms with Crippen molar-refractivity contribution in [3.05, 3.63) is 44.8 Å². The third-order valence-electron chi connectivity index (χ3n) is 2.18.